The van der Waals surface area contributed by atoms with Gasteiger partial charge in [-0.2, -0.15) is 0 Å². The maximum atomic E-state index is 6.19. The number of amidine groups is 1. The van der Waals surface area contributed by atoms with Crippen LogP contribution in [0.25, 0.3) is 0 Å². The number of ether oxygens (including phenoxy) is 2. The van der Waals surface area contributed by atoms with Crippen molar-refractivity contribution in [2.24, 2.45) is 4.99 Å². The van der Waals surface area contributed by atoms with Gasteiger partial charge in [0.05, 0.1) is 17.9 Å². The molecule has 0 aliphatic carbocycles. The molecule has 0 unspecified atom stereocenters. The van der Waals surface area contributed by atoms with E-state index in [2.05, 4.69) is 15.5 Å². The predicted molar refractivity (Wildman–Crippen MR) is 116 cm³/mol. The van der Waals surface area contributed by atoms with Crippen LogP contribution in [-0.2, 0) is 0 Å². The second-order valence-electron chi connectivity index (χ2n) is 7.25. The molecule has 156 valence electrons. The zero-order valence-electron chi connectivity index (χ0n) is 17.4. The minimum Gasteiger partial charge on any atom is -0.490 e. The molecule has 3 heterocycles. The van der Waals surface area contributed by atoms with Gasteiger partial charge >= 0.3 is 0 Å². The maximum absolute atomic E-state index is 6.19. The topological polar surface area (TPSA) is 81.8 Å². The highest BCUT2D eigenvalue weighted by atomic mass is 16.5. The molecule has 0 radical (unpaired) electrons. The van der Waals surface area contributed by atoms with Crippen LogP contribution in [0, 0.1) is 13.8 Å². The molecule has 1 N–H and O–H groups in total. The molecular weight excluding hydrogens is 380 g/mol. The van der Waals surface area contributed by atoms with Gasteiger partial charge in [-0.1, -0.05) is 23.7 Å². The van der Waals surface area contributed by atoms with Crippen molar-refractivity contribution in [1.29, 1.82) is 0 Å². The fourth-order valence-corrected chi connectivity index (χ4v) is 3.18. The SMILES string of the molecule is Cc1noc(NC2=NCCCCCCOc3ccccc3Oc3ncccc32)c1C. The Hall–Kier alpha value is -3.35. The van der Waals surface area contributed by atoms with Gasteiger partial charge in [-0.25, -0.2) is 4.98 Å². The predicted octanol–water partition coefficient (Wildman–Crippen LogP) is 5.29. The Bertz CT molecular complexity index is 1030. The molecule has 0 saturated carbocycles. The number of nitrogens with one attached hydrogen (secondary N) is 1. The van der Waals surface area contributed by atoms with E-state index in [1.165, 1.54) is 0 Å². The van der Waals surface area contributed by atoms with E-state index in [0.717, 1.165) is 42.5 Å². The number of fused-ring (bicyclic) bond motifs is 2. The summed E-state index contributed by atoms with van der Waals surface area (Å²) in [6.07, 6.45) is 5.88. The molecule has 0 saturated heterocycles. The second-order valence-corrected chi connectivity index (χ2v) is 7.25. The molecule has 0 bridgehead atoms. The molecular formula is C23H26N4O3. The van der Waals surface area contributed by atoms with Crippen LogP contribution in [0.2, 0.25) is 0 Å². The van der Waals surface area contributed by atoms with Crippen LogP contribution < -0.4 is 14.8 Å². The molecule has 30 heavy (non-hydrogen) atoms. The molecule has 1 aliphatic rings. The average molecular weight is 406 g/mol. The number of anilines is 1. The van der Waals surface area contributed by atoms with Gasteiger partial charge < -0.3 is 19.3 Å². The van der Waals surface area contributed by atoms with Gasteiger partial charge in [0.2, 0.25) is 11.8 Å². The lowest BCUT2D eigenvalue weighted by molar-refractivity contribution is 0.290. The molecule has 0 spiro atoms. The number of aliphatic imine (C=N–C) groups is 1. The van der Waals surface area contributed by atoms with E-state index >= 15 is 0 Å². The maximum Gasteiger partial charge on any atom is 0.233 e. The number of nitrogens with zero attached hydrogens (tertiary/aromatic N) is 3. The van der Waals surface area contributed by atoms with Crippen molar-refractivity contribution in [1.82, 2.24) is 10.1 Å². The van der Waals surface area contributed by atoms with E-state index in [9.17, 15) is 0 Å². The zero-order valence-corrected chi connectivity index (χ0v) is 17.4. The standard InChI is InChI=1S/C23H26N4O3/c1-16-17(2)27-30-22(16)26-21-18-10-9-14-25-23(18)29-20-12-6-5-11-19(20)28-15-8-4-3-7-13-24-21/h5-6,9-12,14H,3-4,7-8,13,15H2,1-2H3,(H,24,26). The van der Waals surface area contributed by atoms with Crippen molar-refractivity contribution < 1.29 is 14.0 Å². The monoisotopic (exact) mass is 406 g/mol. The van der Waals surface area contributed by atoms with E-state index in [1.807, 2.05) is 50.2 Å². The number of pyridine rings is 1. The third kappa shape index (κ3) is 4.62. The molecule has 7 heteroatoms. The van der Waals surface area contributed by atoms with E-state index in [0.29, 0.717) is 42.3 Å². The summed E-state index contributed by atoms with van der Waals surface area (Å²) in [6, 6.07) is 11.5. The zero-order chi connectivity index (χ0) is 20.8. The van der Waals surface area contributed by atoms with Crippen molar-refractivity contribution in [3.8, 4) is 17.4 Å². The Morgan fingerprint density at radius 2 is 1.77 bits per heavy atom. The Morgan fingerprint density at radius 3 is 2.60 bits per heavy atom. The molecule has 1 aromatic carbocycles. The van der Waals surface area contributed by atoms with Gasteiger partial charge in [-0.15, -0.1) is 0 Å². The number of para-hydroxylation sites is 2. The van der Waals surface area contributed by atoms with Gasteiger partial charge in [-0.3, -0.25) is 4.99 Å². The van der Waals surface area contributed by atoms with Crippen LogP contribution in [0.15, 0.2) is 52.1 Å². The van der Waals surface area contributed by atoms with Crippen LogP contribution in [0.4, 0.5) is 5.88 Å². The first-order valence-electron chi connectivity index (χ1n) is 10.3. The molecule has 2 aromatic heterocycles. The van der Waals surface area contributed by atoms with Crippen molar-refractivity contribution in [2.75, 3.05) is 18.5 Å². The Morgan fingerprint density at radius 1 is 0.933 bits per heavy atom. The third-order valence-electron chi connectivity index (χ3n) is 5.05. The highest BCUT2D eigenvalue weighted by molar-refractivity contribution is 6.09. The summed E-state index contributed by atoms with van der Waals surface area (Å²) in [7, 11) is 0. The van der Waals surface area contributed by atoms with E-state index < -0.39 is 0 Å². The summed E-state index contributed by atoms with van der Waals surface area (Å²) in [5.74, 6) is 3.00. The van der Waals surface area contributed by atoms with Crippen LogP contribution in [0.1, 0.15) is 42.5 Å². The Balaban J connectivity index is 1.73. The number of aromatic nitrogens is 2. The van der Waals surface area contributed by atoms with Crippen LogP contribution in [0.3, 0.4) is 0 Å². The molecule has 0 fully saturated rings. The van der Waals surface area contributed by atoms with Crippen molar-refractivity contribution in [3.63, 3.8) is 0 Å². The molecule has 0 amide bonds. The quantitative estimate of drug-likeness (QED) is 0.591. The summed E-state index contributed by atoms with van der Waals surface area (Å²) in [4.78, 5) is 9.28. The van der Waals surface area contributed by atoms with Crippen LogP contribution >= 0.6 is 0 Å². The normalized spacial score (nSPS) is 14.9. The lowest BCUT2D eigenvalue weighted by Crippen LogP contribution is -2.16. The molecule has 0 atom stereocenters. The fourth-order valence-electron chi connectivity index (χ4n) is 3.18. The number of rotatable bonds is 1. The molecule has 7 nitrogen and oxygen atoms in total. The molecule has 4 rings (SSSR count). The lowest BCUT2D eigenvalue weighted by Gasteiger charge is -2.16. The largest absolute Gasteiger partial charge is 0.490 e. The Labute approximate surface area is 176 Å². The van der Waals surface area contributed by atoms with Crippen molar-refractivity contribution in [2.45, 2.75) is 39.5 Å². The van der Waals surface area contributed by atoms with Crippen molar-refractivity contribution in [3.05, 3.63) is 59.4 Å². The summed E-state index contributed by atoms with van der Waals surface area (Å²) in [5, 5.41) is 7.34. The van der Waals surface area contributed by atoms with E-state index in [4.69, 9.17) is 19.0 Å². The number of hydrogen-bond acceptors (Lipinski definition) is 7. The summed E-state index contributed by atoms with van der Waals surface area (Å²) in [5.41, 5.74) is 2.53. The molecule has 3 aromatic rings. The summed E-state index contributed by atoms with van der Waals surface area (Å²) < 4.78 is 17.6. The number of benzene rings is 1. The highest BCUT2D eigenvalue weighted by Crippen LogP contribution is 2.32. The van der Waals surface area contributed by atoms with E-state index in [-0.39, 0.29) is 0 Å². The van der Waals surface area contributed by atoms with Crippen LogP contribution in [-0.4, -0.2) is 29.1 Å². The lowest BCUT2D eigenvalue weighted by atomic mass is 10.2. The average Bonchev–Trinajstić information content (AvgIpc) is 3.08. The minimum absolute atomic E-state index is 0.450. The number of hydrogen-bond donors (Lipinski definition) is 1. The smallest absolute Gasteiger partial charge is 0.233 e. The van der Waals surface area contributed by atoms with E-state index in [1.54, 1.807) is 6.20 Å². The van der Waals surface area contributed by atoms with Crippen LogP contribution in [0.5, 0.6) is 17.4 Å². The molecule has 1 aliphatic heterocycles. The van der Waals surface area contributed by atoms with Gasteiger partial charge in [0.15, 0.2) is 11.5 Å². The first-order valence-corrected chi connectivity index (χ1v) is 10.3. The fraction of sp³-hybridized carbons (Fsp3) is 0.348. The first-order chi connectivity index (χ1) is 14.7. The van der Waals surface area contributed by atoms with Gasteiger partial charge in [0.25, 0.3) is 0 Å². The minimum atomic E-state index is 0.450. The Kier molecular flexibility index (Phi) is 6.27. The summed E-state index contributed by atoms with van der Waals surface area (Å²) in [6.45, 7) is 5.23. The highest BCUT2D eigenvalue weighted by Gasteiger charge is 2.18. The van der Waals surface area contributed by atoms with Gasteiger partial charge in [0.1, 0.15) is 5.84 Å². The van der Waals surface area contributed by atoms with Crippen molar-refractivity contribution >= 4 is 11.7 Å². The third-order valence-corrected chi connectivity index (χ3v) is 5.05. The van der Waals surface area contributed by atoms with Gasteiger partial charge in [-0.05, 0) is 57.4 Å². The first kappa shape index (κ1) is 19.9. The number of aryl methyl sites for hydroxylation is 1. The second kappa shape index (κ2) is 9.43. The summed E-state index contributed by atoms with van der Waals surface area (Å²) >= 11 is 0. The van der Waals surface area contributed by atoms with Gasteiger partial charge in [0, 0.05) is 18.3 Å².